The van der Waals surface area contributed by atoms with E-state index in [0.717, 1.165) is 38.6 Å². The Morgan fingerprint density at radius 2 is 1.81 bits per heavy atom. The van der Waals surface area contributed by atoms with Crippen molar-refractivity contribution in [2.75, 3.05) is 70.9 Å². The zero-order chi connectivity index (χ0) is 18.2. The maximum atomic E-state index is 4.41. The third kappa shape index (κ3) is 5.35. The van der Waals surface area contributed by atoms with Crippen LogP contribution in [0, 0.1) is 0 Å². The van der Waals surface area contributed by atoms with Crippen molar-refractivity contribution in [1.82, 2.24) is 20.4 Å². The molecule has 2 aliphatic heterocycles. The smallest absolute Gasteiger partial charge is 0.191 e. The van der Waals surface area contributed by atoms with Gasteiger partial charge in [-0.05, 0) is 25.1 Å². The molecule has 0 aliphatic carbocycles. The van der Waals surface area contributed by atoms with Crippen LogP contribution in [0.3, 0.4) is 0 Å². The summed E-state index contributed by atoms with van der Waals surface area (Å²) in [5, 5.41) is 7.08. The van der Waals surface area contributed by atoms with Crippen LogP contribution in [-0.2, 0) is 0 Å². The van der Waals surface area contributed by atoms with Gasteiger partial charge in [0.15, 0.2) is 5.96 Å². The highest BCUT2D eigenvalue weighted by atomic mass is 15.3. The van der Waals surface area contributed by atoms with E-state index in [2.05, 4.69) is 67.6 Å². The second-order valence-electron chi connectivity index (χ2n) is 7.19. The molecule has 6 nitrogen and oxygen atoms in total. The monoisotopic (exact) mass is 358 g/mol. The summed E-state index contributed by atoms with van der Waals surface area (Å²) in [5.41, 5.74) is 1.31. The summed E-state index contributed by atoms with van der Waals surface area (Å²) in [6.45, 7) is 12.3. The highest BCUT2D eigenvalue weighted by Crippen LogP contribution is 2.19. The van der Waals surface area contributed by atoms with Crippen LogP contribution in [0.4, 0.5) is 5.69 Å². The Bertz CT molecular complexity index is 553. The van der Waals surface area contributed by atoms with Gasteiger partial charge in [0.2, 0.25) is 0 Å². The first kappa shape index (κ1) is 19.0. The molecule has 1 atom stereocenters. The number of anilines is 1. The van der Waals surface area contributed by atoms with Crippen LogP contribution < -0.4 is 15.5 Å². The maximum absolute atomic E-state index is 4.41. The van der Waals surface area contributed by atoms with Crippen molar-refractivity contribution in [2.24, 2.45) is 4.99 Å². The Kier molecular flexibility index (Phi) is 7.14. The van der Waals surface area contributed by atoms with E-state index in [-0.39, 0.29) is 0 Å². The average Bonchev–Trinajstić information content (AvgIpc) is 3.17. The molecule has 144 valence electrons. The number of hydrogen-bond acceptors (Lipinski definition) is 4. The molecule has 2 N–H and O–H groups in total. The van der Waals surface area contributed by atoms with E-state index in [9.17, 15) is 0 Å². The van der Waals surface area contributed by atoms with Gasteiger partial charge in [-0.2, -0.15) is 0 Å². The summed E-state index contributed by atoms with van der Waals surface area (Å²) in [5.74, 6) is 0.928. The van der Waals surface area contributed by atoms with E-state index in [1.807, 2.05) is 7.05 Å². The van der Waals surface area contributed by atoms with Crippen LogP contribution in [0.25, 0.3) is 0 Å². The topological polar surface area (TPSA) is 46.1 Å². The minimum absolute atomic E-state index is 0.453. The van der Waals surface area contributed by atoms with Gasteiger partial charge in [-0.1, -0.05) is 25.1 Å². The lowest BCUT2D eigenvalue weighted by atomic mass is 10.2. The van der Waals surface area contributed by atoms with Crippen LogP contribution in [0.5, 0.6) is 0 Å². The van der Waals surface area contributed by atoms with Crippen molar-refractivity contribution in [3.05, 3.63) is 30.3 Å². The van der Waals surface area contributed by atoms with Crippen LogP contribution in [0.2, 0.25) is 0 Å². The molecule has 2 aliphatic rings. The summed E-state index contributed by atoms with van der Waals surface area (Å²) in [6, 6.07) is 11.1. The number of piperazine rings is 1. The first-order valence-corrected chi connectivity index (χ1v) is 10.0. The van der Waals surface area contributed by atoms with Crippen molar-refractivity contribution >= 4 is 11.6 Å². The molecule has 0 saturated carbocycles. The number of rotatable bonds is 6. The molecule has 0 bridgehead atoms. The molecule has 2 fully saturated rings. The molecule has 0 amide bonds. The first-order valence-electron chi connectivity index (χ1n) is 10.0. The Morgan fingerprint density at radius 1 is 1.08 bits per heavy atom. The summed E-state index contributed by atoms with van der Waals surface area (Å²) >= 11 is 0. The lowest BCUT2D eigenvalue weighted by Crippen LogP contribution is -2.50. The molecular formula is C20H34N6. The molecule has 0 spiro atoms. The standard InChI is InChI=1S/C20H34N6/c1-3-24-13-15-25(16-14-24)12-10-22-20(21-2)23-18-9-11-26(17-18)19-7-5-4-6-8-19/h4-8,18H,3,9-17H2,1-2H3,(H2,21,22,23). The zero-order valence-electron chi connectivity index (χ0n) is 16.3. The lowest BCUT2D eigenvalue weighted by Gasteiger charge is -2.34. The fourth-order valence-corrected chi connectivity index (χ4v) is 3.80. The molecule has 2 saturated heterocycles. The minimum Gasteiger partial charge on any atom is -0.369 e. The summed E-state index contributed by atoms with van der Waals surface area (Å²) in [7, 11) is 1.86. The summed E-state index contributed by atoms with van der Waals surface area (Å²) in [6.07, 6.45) is 1.15. The Hall–Kier alpha value is -1.79. The van der Waals surface area contributed by atoms with Crippen LogP contribution >= 0.6 is 0 Å². The van der Waals surface area contributed by atoms with Crippen molar-refractivity contribution in [3.63, 3.8) is 0 Å². The number of para-hydroxylation sites is 1. The quantitative estimate of drug-likeness (QED) is 0.588. The van der Waals surface area contributed by atoms with E-state index < -0.39 is 0 Å². The van der Waals surface area contributed by atoms with Crippen molar-refractivity contribution < 1.29 is 0 Å². The molecule has 2 heterocycles. The summed E-state index contributed by atoms with van der Waals surface area (Å²) in [4.78, 5) is 11.9. The van der Waals surface area contributed by atoms with E-state index in [1.54, 1.807) is 0 Å². The van der Waals surface area contributed by atoms with Crippen molar-refractivity contribution in [1.29, 1.82) is 0 Å². The Balaban J connectivity index is 1.36. The maximum Gasteiger partial charge on any atom is 0.191 e. The second kappa shape index (κ2) is 9.78. The molecule has 0 aromatic heterocycles. The number of nitrogens with one attached hydrogen (secondary N) is 2. The Morgan fingerprint density at radius 3 is 2.50 bits per heavy atom. The molecule has 26 heavy (non-hydrogen) atoms. The van der Waals surface area contributed by atoms with E-state index in [0.29, 0.717) is 6.04 Å². The third-order valence-electron chi connectivity index (χ3n) is 5.51. The largest absolute Gasteiger partial charge is 0.369 e. The van der Waals surface area contributed by atoms with E-state index in [1.165, 1.54) is 38.4 Å². The molecule has 1 aromatic rings. The average molecular weight is 359 g/mol. The molecule has 3 rings (SSSR count). The fraction of sp³-hybridized carbons (Fsp3) is 0.650. The Labute approximate surface area is 158 Å². The van der Waals surface area contributed by atoms with Crippen LogP contribution in [-0.4, -0.2) is 87.8 Å². The summed E-state index contributed by atoms with van der Waals surface area (Å²) < 4.78 is 0. The molecular weight excluding hydrogens is 324 g/mol. The highest BCUT2D eigenvalue weighted by Gasteiger charge is 2.23. The fourth-order valence-electron chi connectivity index (χ4n) is 3.80. The lowest BCUT2D eigenvalue weighted by molar-refractivity contribution is 0.139. The SMILES string of the molecule is CCN1CCN(CCNC(=NC)NC2CCN(c3ccccc3)C2)CC1. The van der Waals surface area contributed by atoms with Gasteiger partial charge >= 0.3 is 0 Å². The van der Waals surface area contributed by atoms with Gasteiger partial charge in [0.1, 0.15) is 0 Å². The first-order chi connectivity index (χ1) is 12.8. The van der Waals surface area contributed by atoms with E-state index >= 15 is 0 Å². The zero-order valence-corrected chi connectivity index (χ0v) is 16.3. The highest BCUT2D eigenvalue weighted by molar-refractivity contribution is 5.80. The molecule has 1 aromatic carbocycles. The van der Waals surface area contributed by atoms with Gasteiger partial charge in [-0.3, -0.25) is 9.89 Å². The third-order valence-corrected chi connectivity index (χ3v) is 5.51. The molecule has 0 radical (unpaired) electrons. The van der Waals surface area contributed by atoms with Gasteiger partial charge < -0.3 is 20.4 Å². The number of likely N-dealkylation sites (N-methyl/N-ethyl adjacent to an activating group) is 1. The van der Waals surface area contributed by atoms with Gasteiger partial charge in [0, 0.05) is 71.1 Å². The number of aliphatic imine (C=N–C) groups is 1. The van der Waals surface area contributed by atoms with Gasteiger partial charge in [-0.15, -0.1) is 0 Å². The second-order valence-corrected chi connectivity index (χ2v) is 7.19. The predicted octanol–water partition coefficient (Wildman–Crippen LogP) is 1.07. The van der Waals surface area contributed by atoms with Crippen LogP contribution in [0.15, 0.2) is 35.3 Å². The van der Waals surface area contributed by atoms with E-state index in [4.69, 9.17) is 0 Å². The van der Waals surface area contributed by atoms with Gasteiger partial charge in [0.05, 0.1) is 0 Å². The molecule has 1 unspecified atom stereocenters. The van der Waals surface area contributed by atoms with Crippen molar-refractivity contribution in [3.8, 4) is 0 Å². The minimum atomic E-state index is 0.453. The predicted molar refractivity (Wildman–Crippen MR) is 110 cm³/mol. The number of benzene rings is 1. The number of guanidine groups is 1. The molecule has 6 heteroatoms. The van der Waals surface area contributed by atoms with Crippen molar-refractivity contribution in [2.45, 2.75) is 19.4 Å². The normalized spacial score (nSPS) is 22.6. The van der Waals surface area contributed by atoms with Gasteiger partial charge in [-0.25, -0.2) is 0 Å². The number of nitrogens with zero attached hydrogens (tertiary/aromatic N) is 4. The van der Waals surface area contributed by atoms with Gasteiger partial charge in [0.25, 0.3) is 0 Å². The number of hydrogen-bond donors (Lipinski definition) is 2. The van der Waals surface area contributed by atoms with Crippen LogP contribution in [0.1, 0.15) is 13.3 Å².